The van der Waals surface area contributed by atoms with Crippen LogP contribution in [0.3, 0.4) is 0 Å². The monoisotopic (exact) mass is 210 g/mol. The summed E-state index contributed by atoms with van der Waals surface area (Å²) in [4.78, 5) is 4.99. The van der Waals surface area contributed by atoms with Gasteiger partial charge in [-0.3, -0.25) is 4.90 Å². The molecule has 0 bridgehead atoms. The highest BCUT2D eigenvalue weighted by atomic mass is 15.3. The van der Waals surface area contributed by atoms with Gasteiger partial charge in [0.25, 0.3) is 0 Å². The summed E-state index contributed by atoms with van der Waals surface area (Å²) in [5.41, 5.74) is 1.68. The molecule has 0 spiro atoms. The van der Waals surface area contributed by atoms with E-state index < -0.39 is 0 Å². The highest BCUT2D eigenvalue weighted by molar-refractivity contribution is 5.01. The van der Waals surface area contributed by atoms with Crippen molar-refractivity contribution in [3.63, 3.8) is 0 Å². The second-order valence-corrected chi connectivity index (χ2v) is 6.29. The maximum Gasteiger partial charge on any atom is 0.0355 e. The van der Waals surface area contributed by atoms with Crippen molar-refractivity contribution in [2.75, 3.05) is 19.6 Å². The molecule has 2 heteroatoms. The topological polar surface area (TPSA) is 6.48 Å². The van der Waals surface area contributed by atoms with Crippen molar-refractivity contribution in [2.24, 2.45) is 0 Å². The minimum absolute atomic E-state index is 0.232. The van der Waals surface area contributed by atoms with E-state index in [0.29, 0.717) is 0 Å². The highest BCUT2D eigenvalue weighted by Crippen LogP contribution is 2.29. The Morgan fingerprint density at radius 1 is 1.20 bits per heavy atom. The van der Waals surface area contributed by atoms with Gasteiger partial charge in [0.05, 0.1) is 0 Å². The average molecular weight is 210 g/mol. The standard InChI is InChI=1S/C13H26N2/c1-11(2)14-8-9-15(12(3,4)5)13(6,7)10-14/h1,8-10H2,2-7H3. The Morgan fingerprint density at radius 2 is 1.73 bits per heavy atom. The first-order valence-corrected chi connectivity index (χ1v) is 5.83. The van der Waals surface area contributed by atoms with Crippen LogP contribution < -0.4 is 0 Å². The van der Waals surface area contributed by atoms with Gasteiger partial charge in [-0.15, -0.1) is 0 Å². The number of piperazine rings is 1. The van der Waals surface area contributed by atoms with E-state index >= 15 is 0 Å². The molecule has 2 nitrogen and oxygen atoms in total. The van der Waals surface area contributed by atoms with Crippen molar-refractivity contribution in [1.29, 1.82) is 0 Å². The molecule has 0 unspecified atom stereocenters. The summed E-state index contributed by atoms with van der Waals surface area (Å²) in [7, 11) is 0. The first kappa shape index (κ1) is 12.6. The summed E-state index contributed by atoms with van der Waals surface area (Å²) in [6.45, 7) is 21.0. The smallest absolute Gasteiger partial charge is 0.0355 e. The molecular formula is C13H26N2. The van der Waals surface area contributed by atoms with Crippen LogP contribution in [0.15, 0.2) is 12.3 Å². The zero-order valence-electron chi connectivity index (χ0n) is 11.2. The van der Waals surface area contributed by atoms with Crippen molar-refractivity contribution in [2.45, 2.75) is 52.6 Å². The summed E-state index contributed by atoms with van der Waals surface area (Å²) in [5, 5.41) is 0. The van der Waals surface area contributed by atoms with E-state index in [-0.39, 0.29) is 11.1 Å². The fourth-order valence-electron chi connectivity index (χ4n) is 2.72. The Balaban J connectivity index is 2.80. The zero-order chi connectivity index (χ0) is 11.9. The van der Waals surface area contributed by atoms with Crippen LogP contribution in [0.5, 0.6) is 0 Å². The molecule has 0 aromatic rings. The maximum atomic E-state index is 4.04. The van der Waals surface area contributed by atoms with Crippen LogP contribution >= 0.6 is 0 Å². The predicted molar refractivity (Wildman–Crippen MR) is 66.9 cm³/mol. The van der Waals surface area contributed by atoms with E-state index in [1.807, 2.05) is 0 Å². The Morgan fingerprint density at radius 3 is 2.07 bits per heavy atom. The van der Waals surface area contributed by atoms with Gasteiger partial charge in [0.2, 0.25) is 0 Å². The molecule has 1 saturated heterocycles. The molecule has 88 valence electrons. The van der Waals surface area contributed by atoms with Crippen LogP contribution in [0.25, 0.3) is 0 Å². The molecule has 0 atom stereocenters. The average Bonchev–Trinajstić information content (AvgIpc) is 1.99. The number of nitrogens with zero attached hydrogens (tertiary/aromatic N) is 2. The highest BCUT2D eigenvalue weighted by Gasteiger charge is 2.39. The van der Waals surface area contributed by atoms with Crippen LogP contribution in [0, 0.1) is 0 Å². The van der Waals surface area contributed by atoms with E-state index in [1.165, 1.54) is 5.70 Å². The zero-order valence-corrected chi connectivity index (χ0v) is 11.2. The van der Waals surface area contributed by atoms with Gasteiger partial charge in [0.15, 0.2) is 0 Å². The SMILES string of the molecule is C=C(C)N1CCN(C(C)(C)C)C(C)(C)C1. The molecule has 0 radical (unpaired) electrons. The molecule has 0 aliphatic carbocycles. The van der Waals surface area contributed by atoms with Crippen LogP contribution in [-0.2, 0) is 0 Å². The predicted octanol–water partition coefficient (Wildman–Crippen LogP) is 2.71. The van der Waals surface area contributed by atoms with Gasteiger partial charge in [0.1, 0.15) is 0 Å². The van der Waals surface area contributed by atoms with E-state index in [9.17, 15) is 0 Å². The quantitative estimate of drug-likeness (QED) is 0.656. The molecule has 1 aliphatic rings. The van der Waals surface area contributed by atoms with Crippen molar-refractivity contribution in [3.8, 4) is 0 Å². The second kappa shape index (κ2) is 3.82. The molecule has 0 N–H and O–H groups in total. The number of hydrogen-bond acceptors (Lipinski definition) is 2. The van der Waals surface area contributed by atoms with E-state index in [4.69, 9.17) is 0 Å². The summed E-state index contributed by atoms with van der Waals surface area (Å²) in [6, 6.07) is 0. The summed E-state index contributed by atoms with van der Waals surface area (Å²) < 4.78 is 0. The van der Waals surface area contributed by atoms with E-state index in [0.717, 1.165) is 19.6 Å². The number of rotatable bonds is 1. The minimum Gasteiger partial charge on any atom is -0.372 e. The maximum absolute atomic E-state index is 4.04. The van der Waals surface area contributed by atoms with Gasteiger partial charge in [-0.25, -0.2) is 0 Å². The Kier molecular flexibility index (Phi) is 3.20. The first-order valence-electron chi connectivity index (χ1n) is 5.83. The molecule has 0 aromatic heterocycles. The van der Waals surface area contributed by atoms with Crippen LogP contribution in [0.4, 0.5) is 0 Å². The van der Waals surface area contributed by atoms with Crippen LogP contribution in [-0.4, -0.2) is 40.5 Å². The van der Waals surface area contributed by atoms with E-state index in [2.05, 4.69) is 57.9 Å². The van der Waals surface area contributed by atoms with Crippen molar-refractivity contribution < 1.29 is 0 Å². The Hall–Kier alpha value is -0.500. The molecule has 15 heavy (non-hydrogen) atoms. The Bertz CT molecular complexity index is 248. The molecular weight excluding hydrogens is 184 g/mol. The van der Waals surface area contributed by atoms with Gasteiger partial charge in [-0.1, -0.05) is 6.58 Å². The third-order valence-corrected chi connectivity index (χ3v) is 3.25. The van der Waals surface area contributed by atoms with Gasteiger partial charge in [-0.05, 0) is 41.5 Å². The summed E-state index contributed by atoms with van der Waals surface area (Å²) in [5.74, 6) is 0. The van der Waals surface area contributed by atoms with Crippen LogP contribution in [0.2, 0.25) is 0 Å². The lowest BCUT2D eigenvalue weighted by atomic mass is 9.91. The molecule has 0 amide bonds. The summed E-state index contributed by atoms with van der Waals surface area (Å²) in [6.07, 6.45) is 0. The lowest BCUT2D eigenvalue weighted by Gasteiger charge is -2.53. The third kappa shape index (κ3) is 2.75. The molecule has 1 fully saturated rings. The largest absolute Gasteiger partial charge is 0.372 e. The first-order chi connectivity index (χ1) is 6.64. The lowest BCUT2D eigenvalue weighted by Crippen LogP contribution is -2.64. The van der Waals surface area contributed by atoms with Crippen molar-refractivity contribution in [3.05, 3.63) is 12.3 Å². The third-order valence-electron chi connectivity index (χ3n) is 3.25. The van der Waals surface area contributed by atoms with Crippen molar-refractivity contribution in [1.82, 2.24) is 9.80 Å². The Labute approximate surface area is 94.9 Å². The molecule has 1 rings (SSSR count). The van der Waals surface area contributed by atoms with Crippen LogP contribution in [0.1, 0.15) is 41.5 Å². The van der Waals surface area contributed by atoms with Crippen molar-refractivity contribution >= 4 is 0 Å². The van der Waals surface area contributed by atoms with Gasteiger partial charge in [0, 0.05) is 36.4 Å². The van der Waals surface area contributed by atoms with Gasteiger partial charge < -0.3 is 4.90 Å². The molecule has 1 heterocycles. The molecule has 1 aliphatic heterocycles. The lowest BCUT2D eigenvalue weighted by molar-refractivity contribution is -0.0282. The fraction of sp³-hybridized carbons (Fsp3) is 0.846. The number of hydrogen-bond donors (Lipinski definition) is 0. The summed E-state index contributed by atoms with van der Waals surface area (Å²) >= 11 is 0. The molecule has 0 aromatic carbocycles. The fourth-order valence-corrected chi connectivity index (χ4v) is 2.72. The van der Waals surface area contributed by atoms with Gasteiger partial charge in [-0.2, -0.15) is 0 Å². The second-order valence-electron chi connectivity index (χ2n) is 6.29. The number of allylic oxidation sites excluding steroid dienone is 1. The normalized spacial score (nSPS) is 22.9. The van der Waals surface area contributed by atoms with E-state index in [1.54, 1.807) is 0 Å². The van der Waals surface area contributed by atoms with Gasteiger partial charge >= 0.3 is 0 Å². The molecule has 0 saturated carbocycles. The minimum atomic E-state index is 0.232.